The Labute approximate surface area is 124 Å². The molecule has 0 bridgehead atoms. The van der Waals surface area contributed by atoms with Crippen LogP contribution in [0, 0.1) is 0 Å². The van der Waals surface area contributed by atoms with Gasteiger partial charge < -0.3 is 20.8 Å². The van der Waals surface area contributed by atoms with E-state index in [9.17, 15) is 10.2 Å². The molecule has 0 saturated carbocycles. The van der Waals surface area contributed by atoms with Crippen molar-refractivity contribution in [2.45, 2.75) is 31.1 Å². The minimum absolute atomic E-state index is 0.106. The van der Waals surface area contributed by atoms with Crippen LogP contribution in [0.15, 0.2) is 23.9 Å². The molecule has 0 radical (unpaired) electrons. The Morgan fingerprint density at radius 3 is 2.56 bits per heavy atom. The molecule has 0 aromatic heterocycles. The van der Waals surface area contributed by atoms with E-state index in [4.69, 9.17) is 19.1 Å². The number of piperidine rings is 1. The van der Waals surface area contributed by atoms with Gasteiger partial charge in [0.05, 0.1) is 0 Å². The molecule has 1 atom stereocenters. The van der Waals surface area contributed by atoms with Crippen molar-refractivity contribution in [3.63, 3.8) is 0 Å². The number of aliphatic hydroxyl groups is 2. The molecule has 108 valence electrons. The van der Waals surface area contributed by atoms with Crippen molar-refractivity contribution < 1.29 is 26.2 Å². The van der Waals surface area contributed by atoms with Crippen molar-refractivity contribution >= 4 is 19.1 Å². The van der Waals surface area contributed by atoms with Gasteiger partial charge in [-0.3, -0.25) is 0 Å². The van der Waals surface area contributed by atoms with E-state index in [1.807, 2.05) is 6.08 Å². The van der Waals surface area contributed by atoms with E-state index in [-0.39, 0.29) is 15.9 Å². The molecule has 2 heterocycles. The summed E-state index contributed by atoms with van der Waals surface area (Å²) in [6.07, 6.45) is 8.09. The normalized spacial score (nSPS) is 23.8. The van der Waals surface area contributed by atoms with Crippen LogP contribution in [0.1, 0.15) is 19.3 Å². The van der Waals surface area contributed by atoms with Crippen LogP contribution in [0.4, 0.5) is 0 Å². The monoisotopic (exact) mass is 384 g/mol. The zero-order valence-corrected chi connectivity index (χ0v) is 12.8. The van der Waals surface area contributed by atoms with Crippen LogP contribution >= 0.6 is 19.1 Å². The fraction of sp³-hybridized carbons (Fsp3) is 0.636. The van der Waals surface area contributed by atoms with Crippen molar-refractivity contribution in [2.75, 3.05) is 13.1 Å². The van der Waals surface area contributed by atoms with Gasteiger partial charge in [0.2, 0.25) is 0 Å². The van der Waals surface area contributed by atoms with Gasteiger partial charge in [-0.25, -0.2) is 0 Å². The molecule has 0 aromatic carbocycles. The summed E-state index contributed by atoms with van der Waals surface area (Å²) in [5, 5.41) is 28.4. The maximum atomic E-state index is 10.0. The second-order valence-electron chi connectivity index (χ2n) is 4.01. The predicted molar refractivity (Wildman–Crippen MR) is 70.2 cm³/mol. The zero-order valence-electron chi connectivity index (χ0n) is 9.71. The molecule has 2 aliphatic heterocycles. The van der Waals surface area contributed by atoms with Crippen LogP contribution in [-0.4, -0.2) is 35.1 Å². The summed E-state index contributed by atoms with van der Waals surface area (Å²) in [5.41, 5.74) is 0.334. The van der Waals surface area contributed by atoms with E-state index in [1.165, 1.54) is 0 Å². The number of nitrogens with zero attached hydrogens (tertiary/aromatic N) is 2. The van der Waals surface area contributed by atoms with Gasteiger partial charge in [-0.05, 0) is 0 Å². The molecule has 4 nitrogen and oxygen atoms in total. The number of hydrogen-bond donors (Lipinski definition) is 2. The van der Waals surface area contributed by atoms with Crippen LogP contribution < -0.4 is 0 Å². The molecule has 0 amide bonds. The second kappa shape index (κ2) is 8.55. The molecule has 2 aliphatic rings. The molecule has 0 aromatic rings. The quantitative estimate of drug-likeness (QED) is 0.567. The van der Waals surface area contributed by atoms with Gasteiger partial charge in [-0.1, -0.05) is 37.5 Å². The Balaban J connectivity index is 0.000000492. The first-order valence-corrected chi connectivity index (χ1v) is 9.61. The van der Waals surface area contributed by atoms with Gasteiger partial charge in [0, 0.05) is 0 Å². The summed E-state index contributed by atoms with van der Waals surface area (Å²) in [6.45, 7) is 1.23. The number of hydrogen-bond acceptors (Lipinski definition) is 2. The molecule has 18 heavy (non-hydrogen) atoms. The molecule has 1 unspecified atom stereocenters. The van der Waals surface area contributed by atoms with Crippen molar-refractivity contribution in [3.8, 4) is 0 Å². The van der Waals surface area contributed by atoms with E-state index in [0.717, 1.165) is 25.8 Å². The van der Waals surface area contributed by atoms with Crippen molar-refractivity contribution in [2.24, 2.45) is 0 Å². The Kier molecular flexibility index (Phi) is 7.82. The van der Waals surface area contributed by atoms with Crippen molar-refractivity contribution in [1.29, 1.82) is 0 Å². The van der Waals surface area contributed by atoms with Gasteiger partial charge >= 0.3 is 35.0 Å². The predicted octanol–water partition coefficient (Wildman–Crippen LogP) is 2.80. The molecule has 0 aliphatic carbocycles. The number of allylic oxidation sites excluding steroid dienone is 2. The van der Waals surface area contributed by atoms with E-state index in [1.54, 1.807) is 12.2 Å². The first-order chi connectivity index (χ1) is 8.62. The van der Waals surface area contributed by atoms with Crippen LogP contribution in [-0.2, 0) is 15.9 Å². The molecule has 7 heteroatoms. The third-order valence-electron chi connectivity index (χ3n) is 2.83. The molecule has 1 fully saturated rings. The third kappa shape index (κ3) is 4.82. The number of halogens is 2. The molecular formula is C11H16Cl2N2O2Pd-2. The topological polar surface area (TPSA) is 68.7 Å². The molecule has 0 spiro atoms. The Hall–Kier alpha value is 0.402. The van der Waals surface area contributed by atoms with Gasteiger partial charge in [-0.15, -0.1) is 24.9 Å². The molecule has 2 N–H and O–H groups in total. The Morgan fingerprint density at radius 1 is 1.33 bits per heavy atom. The fourth-order valence-electron chi connectivity index (χ4n) is 1.95. The first kappa shape index (κ1) is 16.5. The van der Waals surface area contributed by atoms with Gasteiger partial charge in [0.15, 0.2) is 5.79 Å². The zero-order chi connectivity index (χ0) is 13.4. The molecule has 1 saturated heterocycles. The van der Waals surface area contributed by atoms with Crippen molar-refractivity contribution in [1.82, 2.24) is 0 Å². The average Bonchev–Trinajstić information content (AvgIpc) is 2.42. The summed E-state index contributed by atoms with van der Waals surface area (Å²) in [5.74, 6) is -1.88. The number of rotatable bonds is 2. The van der Waals surface area contributed by atoms with E-state index < -0.39 is 11.8 Å². The summed E-state index contributed by atoms with van der Waals surface area (Å²) < 4.78 is 0. The molecular weight excluding hydrogens is 369 g/mol. The first-order valence-electron chi connectivity index (χ1n) is 5.61. The Bertz CT molecular complexity index is 305. The van der Waals surface area contributed by atoms with Crippen LogP contribution in [0.25, 0.3) is 10.6 Å². The molecule has 2 rings (SSSR count). The SMILES string of the molecule is OC(O)(C1=CC=CC[N-]1)C1CCCC[N-]1.[Cl][Pd][Cl]. The summed E-state index contributed by atoms with van der Waals surface area (Å²) in [7, 11) is 9.63. The summed E-state index contributed by atoms with van der Waals surface area (Å²) in [4.78, 5) is 0. The van der Waals surface area contributed by atoms with Gasteiger partial charge in [0.1, 0.15) is 0 Å². The maximum absolute atomic E-state index is 10.0. The Morgan fingerprint density at radius 2 is 2.06 bits per heavy atom. The van der Waals surface area contributed by atoms with Gasteiger partial charge in [-0.2, -0.15) is 0 Å². The summed E-state index contributed by atoms with van der Waals surface area (Å²) in [6, 6.07) is -0.423. The van der Waals surface area contributed by atoms with E-state index in [0.29, 0.717) is 12.2 Å². The van der Waals surface area contributed by atoms with E-state index >= 15 is 0 Å². The van der Waals surface area contributed by atoms with Gasteiger partial charge in [0.25, 0.3) is 0 Å². The fourth-order valence-corrected chi connectivity index (χ4v) is 1.95. The van der Waals surface area contributed by atoms with Crippen LogP contribution in [0.2, 0.25) is 0 Å². The minimum atomic E-state index is -1.88. The van der Waals surface area contributed by atoms with E-state index in [2.05, 4.69) is 10.6 Å². The average molecular weight is 386 g/mol. The third-order valence-corrected chi connectivity index (χ3v) is 2.83. The standard InChI is InChI=1S/C11H16N2O2.2ClH.Pd/c14-11(15,9-5-1-3-7-12-9)10-6-2-4-8-13-10;;;/h1,3,5,10,14-15H,2,4,6-8H2;2*1H;/q-2;;;+2/p-2. The van der Waals surface area contributed by atoms with Crippen molar-refractivity contribution in [3.05, 3.63) is 34.6 Å². The second-order valence-corrected chi connectivity index (χ2v) is 6.37. The summed E-state index contributed by atoms with van der Waals surface area (Å²) >= 11 is -0.106. The van der Waals surface area contributed by atoms with Crippen LogP contribution in [0.3, 0.4) is 0 Å². The van der Waals surface area contributed by atoms with Crippen LogP contribution in [0.5, 0.6) is 0 Å².